The fraction of sp³-hybridized carbons (Fsp3) is 0.261. The van der Waals surface area contributed by atoms with Crippen molar-refractivity contribution in [2.75, 3.05) is 12.0 Å². The van der Waals surface area contributed by atoms with Gasteiger partial charge in [-0.1, -0.05) is 48.0 Å². The molecule has 0 heterocycles. The Balaban J connectivity index is 1.88. The third kappa shape index (κ3) is 5.45. The van der Waals surface area contributed by atoms with Gasteiger partial charge in [0.05, 0.1) is 5.02 Å². The smallest absolute Gasteiger partial charge is 0.320 e. The maximum absolute atomic E-state index is 14.1. The van der Waals surface area contributed by atoms with Crippen molar-refractivity contribution in [2.24, 2.45) is 0 Å². The third-order valence-corrected chi connectivity index (χ3v) is 5.86. The van der Waals surface area contributed by atoms with Crippen LogP contribution in [0.5, 0.6) is 5.75 Å². The molecule has 0 fully saturated rings. The van der Waals surface area contributed by atoms with Crippen molar-refractivity contribution in [2.45, 2.75) is 25.6 Å². The van der Waals surface area contributed by atoms with Gasteiger partial charge in [0.15, 0.2) is 0 Å². The number of fused-ring (bicyclic) bond motifs is 1. The van der Waals surface area contributed by atoms with E-state index in [1.54, 1.807) is 23.9 Å². The number of aliphatic carboxylic acids is 1. The van der Waals surface area contributed by atoms with E-state index >= 15 is 0 Å². The molecular formula is C23H23ClFNO3S. The number of nitrogens with one attached hydrogen (secondary N) is 1. The standard InChI is InChI=1S/C23H23ClFNO3S/c1-30-12-11-21(23(27)28)26-13-17-16-6-3-2-5-15(16)9-10-22(17)29-14-18-19(24)7-4-8-20(18)25/h2-10,21,26H,11-14H2,1H3,(H,27,28). The van der Waals surface area contributed by atoms with Crippen LogP contribution in [0, 0.1) is 5.82 Å². The lowest BCUT2D eigenvalue weighted by Crippen LogP contribution is -2.36. The van der Waals surface area contributed by atoms with Gasteiger partial charge in [0.2, 0.25) is 0 Å². The number of rotatable bonds is 10. The van der Waals surface area contributed by atoms with Gasteiger partial charge < -0.3 is 15.2 Å². The zero-order valence-corrected chi connectivity index (χ0v) is 18.1. The van der Waals surface area contributed by atoms with Crippen LogP contribution >= 0.6 is 23.4 Å². The van der Waals surface area contributed by atoms with Crippen LogP contribution in [-0.4, -0.2) is 29.1 Å². The van der Waals surface area contributed by atoms with E-state index in [2.05, 4.69) is 5.32 Å². The lowest BCUT2D eigenvalue weighted by molar-refractivity contribution is -0.139. The monoisotopic (exact) mass is 447 g/mol. The lowest BCUT2D eigenvalue weighted by Gasteiger charge is -2.18. The van der Waals surface area contributed by atoms with Gasteiger partial charge in [-0.2, -0.15) is 11.8 Å². The molecule has 7 heteroatoms. The van der Waals surface area contributed by atoms with E-state index in [4.69, 9.17) is 16.3 Å². The highest BCUT2D eigenvalue weighted by molar-refractivity contribution is 7.98. The molecule has 4 nitrogen and oxygen atoms in total. The van der Waals surface area contributed by atoms with E-state index in [-0.39, 0.29) is 12.2 Å². The molecule has 3 aromatic carbocycles. The van der Waals surface area contributed by atoms with Crippen LogP contribution in [0.3, 0.4) is 0 Å². The minimum absolute atomic E-state index is 0.0221. The molecule has 0 radical (unpaired) electrons. The number of ether oxygens (including phenoxy) is 1. The van der Waals surface area contributed by atoms with Gasteiger partial charge in [0, 0.05) is 17.7 Å². The summed E-state index contributed by atoms with van der Waals surface area (Å²) in [6, 6.07) is 15.4. The first-order valence-electron chi connectivity index (χ1n) is 9.52. The van der Waals surface area contributed by atoms with Crippen molar-refractivity contribution in [3.05, 3.63) is 76.6 Å². The Morgan fingerprint density at radius 3 is 2.70 bits per heavy atom. The summed E-state index contributed by atoms with van der Waals surface area (Å²) >= 11 is 7.72. The van der Waals surface area contributed by atoms with Crippen LogP contribution in [0.25, 0.3) is 10.8 Å². The minimum Gasteiger partial charge on any atom is -0.488 e. The van der Waals surface area contributed by atoms with Crippen LogP contribution in [0.1, 0.15) is 17.5 Å². The maximum atomic E-state index is 14.1. The van der Waals surface area contributed by atoms with E-state index in [0.29, 0.717) is 23.7 Å². The molecule has 3 rings (SSSR count). The lowest BCUT2D eigenvalue weighted by atomic mass is 10.0. The zero-order valence-electron chi connectivity index (χ0n) is 16.5. The molecule has 0 aliphatic carbocycles. The number of thioether (sulfide) groups is 1. The summed E-state index contributed by atoms with van der Waals surface area (Å²) in [5.41, 5.74) is 1.12. The predicted octanol–water partition coefficient (Wildman–Crippen LogP) is 5.51. The van der Waals surface area contributed by atoms with Crippen molar-refractivity contribution in [3.8, 4) is 5.75 Å². The molecule has 1 atom stereocenters. The number of carboxylic acid groups (broad SMARTS) is 1. The molecule has 2 N–H and O–H groups in total. The van der Waals surface area contributed by atoms with Gasteiger partial charge in [-0.3, -0.25) is 4.79 Å². The van der Waals surface area contributed by atoms with E-state index in [0.717, 1.165) is 22.1 Å². The first kappa shape index (κ1) is 22.4. The Bertz CT molecular complexity index is 1010. The van der Waals surface area contributed by atoms with Crippen molar-refractivity contribution < 1.29 is 19.0 Å². The fourth-order valence-electron chi connectivity index (χ4n) is 3.23. The molecule has 0 saturated carbocycles. The largest absolute Gasteiger partial charge is 0.488 e. The number of benzene rings is 3. The van der Waals surface area contributed by atoms with Crippen molar-refractivity contribution in [1.82, 2.24) is 5.32 Å². The average molecular weight is 448 g/mol. The van der Waals surface area contributed by atoms with Crippen molar-refractivity contribution in [3.63, 3.8) is 0 Å². The molecule has 0 saturated heterocycles. The minimum atomic E-state index is -0.884. The zero-order chi connectivity index (χ0) is 21.5. The van der Waals surface area contributed by atoms with Crippen LogP contribution < -0.4 is 10.1 Å². The molecule has 0 spiro atoms. The second-order valence-corrected chi connectivity index (χ2v) is 8.20. The predicted molar refractivity (Wildman–Crippen MR) is 121 cm³/mol. The van der Waals surface area contributed by atoms with Gasteiger partial charge in [0.25, 0.3) is 0 Å². The second kappa shape index (κ2) is 10.7. The maximum Gasteiger partial charge on any atom is 0.320 e. The normalized spacial score (nSPS) is 12.1. The van der Waals surface area contributed by atoms with Crippen molar-refractivity contribution in [1.29, 1.82) is 0 Å². The van der Waals surface area contributed by atoms with E-state index in [9.17, 15) is 14.3 Å². The summed E-state index contributed by atoms with van der Waals surface area (Å²) in [7, 11) is 0. The topological polar surface area (TPSA) is 58.6 Å². The summed E-state index contributed by atoms with van der Waals surface area (Å²) in [5.74, 6) is -0.000323. The highest BCUT2D eigenvalue weighted by Crippen LogP contribution is 2.30. The quantitative estimate of drug-likeness (QED) is 0.429. The Morgan fingerprint density at radius 1 is 1.17 bits per heavy atom. The molecule has 0 aliphatic heterocycles. The van der Waals surface area contributed by atoms with E-state index in [1.165, 1.54) is 6.07 Å². The van der Waals surface area contributed by atoms with Gasteiger partial charge >= 0.3 is 5.97 Å². The molecule has 0 aliphatic rings. The molecular weight excluding hydrogens is 425 g/mol. The third-order valence-electron chi connectivity index (χ3n) is 4.87. The molecule has 0 aromatic heterocycles. The number of carboxylic acids is 1. The average Bonchev–Trinajstić information content (AvgIpc) is 2.73. The van der Waals surface area contributed by atoms with Gasteiger partial charge in [-0.05, 0) is 47.4 Å². The molecule has 3 aromatic rings. The number of carbonyl (C=O) groups is 1. The SMILES string of the molecule is CSCCC(NCc1c(OCc2c(F)cccc2Cl)ccc2ccccc12)C(=O)O. The summed E-state index contributed by atoms with van der Waals surface area (Å²) in [4.78, 5) is 11.6. The highest BCUT2D eigenvalue weighted by atomic mass is 35.5. The number of halogens is 2. The Labute approximate surface area is 184 Å². The molecule has 158 valence electrons. The summed E-state index contributed by atoms with van der Waals surface area (Å²) in [5, 5.41) is 14.9. The molecule has 0 amide bonds. The van der Waals surface area contributed by atoms with E-state index in [1.807, 2.05) is 42.7 Å². The number of hydrogen-bond acceptors (Lipinski definition) is 4. The Hall–Kier alpha value is -2.28. The van der Waals surface area contributed by atoms with Crippen LogP contribution in [0.4, 0.5) is 4.39 Å². The van der Waals surface area contributed by atoms with Crippen LogP contribution in [0.15, 0.2) is 54.6 Å². The Kier molecular flexibility index (Phi) is 7.96. The van der Waals surface area contributed by atoms with Gasteiger partial charge in [-0.15, -0.1) is 0 Å². The first-order valence-corrected chi connectivity index (χ1v) is 11.3. The highest BCUT2D eigenvalue weighted by Gasteiger charge is 2.18. The van der Waals surface area contributed by atoms with Crippen LogP contribution in [0.2, 0.25) is 5.02 Å². The fourth-order valence-corrected chi connectivity index (χ4v) is 3.92. The van der Waals surface area contributed by atoms with Gasteiger partial charge in [-0.25, -0.2) is 4.39 Å². The van der Waals surface area contributed by atoms with Crippen LogP contribution in [-0.2, 0) is 17.9 Å². The molecule has 30 heavy (non-hydrogen) atoms. The van der Waals surface area contributed by atoms with E-state index < -0.39 is 17.8 Å². The second-order valence-electron chi connectivity index (χ2n) is 6.81. The Morgan fingerprint density at radius 2 is 1.97 bits per heavy atom. The summed E-state index contributed by atoms with van der Waals surface area (Å²) in [6.07, 6.45) is 2.46. The van der Waals surface area contributed by atoms with Crippen molar-refractivity contribution >= 4 is 40.1 Å². The first-order chi connectivity index (χ1) is 14.5. The summed E-state index contributed by atoms with van der Waals surface area (Å²) in [6.45, 7) is 0.290. The molecule has 1 unspecified atom stereocenters. The molecule has 0 bridgehead atoms. The van der Waals surface area contributed by atoms with Gasteiger partial charge in [0.1, 0.15) is 24.2 Å². The summed E-state index contributed by atoms with van der Waals surface area (Å²) < 4.78 is 20.1. The number of hydrogen-bond donors (Lipinski definition) is 2.